The van der Waals surface area contributed by atoms with E-state index in [0.29, 0.717) is 11.6 Å². The van der Waals surface area contributed by atoms with E-state index >= 15 is 0 Å². The maximum Gasteiger partial charge on any atom is 0.422 e. The highest BCUT2D eigenvalue weighted by Crippen LogP contribution is 2.22. The molecule has 0 saturated heterocycles. The highest BCUT2D eigenvalue weighted by Gasteiger charge is 2.28. The number of hydrogen-bond acceptors (Lipinski definition) is 2. The van der Waals surface area contributed by atoms with E-state index in [1.54, 1.807) is 6.07 Å². The quantitative estimate of drug-likeness (QED) is 0.779. The maximum atomic E-state index is 12.0. The summed E-state index contributed by atoms with van der Waals surface area (Å²) in [5, 5.41) is 0. The summed E-state index contributed by atoms with van der Waals surface area (Å²) in [6, 6.07) is 10.5. The zero-order chi connectivity index (χ0) is 14.6. The third kappa shape index (κ3) is 4.13. The summed E-state index contributed by atoms with van der Waals surface area (Å²) >= 11 is 5.69. The van der Waals surface area contributed by atoms with Crippen molar-refractivity contribution in [2.24, 2.45) is 0 Å². The SMILES string of the molecule is FC(F)(F)COc1ccc(-c2ccc(CCl)cc2)nc1. The predicted molar refractivity (Wildman–Crippen MR) is 70.8 cm³/mol. The molecule has 1 aromatic carbocycles. The van der Waals surface area contributed by atoms with Crippen molar-refractivity contribution in [1.82, 2.24) is 4.98 Å². The van der Waals surface area contributed by atoms with Crippen LogP contribution < -0.4 is 4.74 Å². The van der Waals surface area contributed by atoms with Crippen molar-refractivity contribution in [2.45, 2.75) is 12.1 Å². The predicted octanol–water partition coefficient (Wildman–Crippen LogP) is 4.43. The summed E-state index contributed by atoms with van der Waals surface area (Å²) in [4.78, 5) is 4.08. The Kier molecular flexibility index (Phi) is 4.49. The van der Waals surface area contributed by atoms with Gasteiger partial charge in [-0.1, -0.05) is 24.3 Å². The fraction of sp³-hybridized carbons (Fsp3) is 0.214. The fourth-order valence-electron chi connectivity index (χ4n) is 1.57. The van der Waals surface area contributed by atoms with Crippen LogP contribution in [0.1, 0.15) is 5.56 Å². The summed E-state index contributed by atoms with van der Waals surface area (Å²) in [5.74, 6) is 0.515. The first-order valence-electron chi connectivity index (χ1n) is 5.79. The lowest BCUT2D eigenvalue weighted by Crippen LogP contribution is -2.19. The van der Waals surface area contributed by atoms with E-state index in [9.17, 15) is 13.2 Å². The van der Waals surface area contributed by atoms with Gasteiger partial charge in [-0.2, -0.15) is 13.2 Å². The Bertz CT molecular complexity index is 552. The van der Waals surface area contributed by atoms with Crippen LogP contribution in [0.15, 0.2) is 42.6 Å². The van der Waals surface area contributed by atoms with Crippen LogP contribution in [-0.2, 0) is 5.88 Å². The number of hydrogen-bond donors (Lipinski definition) is 0. The van der Waals surface area contributed by atoms with Gasteiger partial charge in [0.1, 0.15) is 5.75 Å². The summed E-state index contributed by atoms with van der Waals surface area (Å²) in [7, 11) is 0. The molecule has 1 heterocycles. The molecule has 6 heteroatoms. The zero-order valence-corrected chi connectivity index (χ0v) is 11.1. The second kappa shape index (κ2) is 6.13. The van der Waals surface area contributed by atoms with Crippen molar-refractivity contribution in [3.63, 3.8) is 0 Å². The first-order valence-corrected chi connectivity index (χ1v) is 6.32. The second-order valence-electron chi connectivity index (χ2n) is 4.11. The van der Waals surface area contributed by atoms with Gasteiger partial charge in [0, 0.05) is 11.4 Å². The minimum Gasteiger partial charge on any atom is -0.483 e. The molecule has 20 heavy (non-hydrogen) atoms. The van der Waals surface area contributed by atoms with Crippen molar-refractivity contribution in [3.05, 3.63) is 48.2 Å². The Morgan fingerprint density at radius 2 is 1.75 bits per heavy atom. The van der Waals surface area contributed by atoms with Gasteiger partial charge in [0.15, 0.2) is 6.61 Å². The molecule has 106 valence electrons. The van der Waals surface area contributed by atoms with Crippen LogP contribution in [-0.4, -0.2) is 17.8 Å². The van der Waals surface area contributed by atoms with Gasteiger partial charge in [-0.3, -0.25) is 4.98 Å². The molecule has 0 bridgehead atoms. The molecule has 0 spiro atoms. The third-order valence-electron chi connectivity index (χ3n) is 2.54. The van der Waals surface area contributed by atoms with Gasteiger partial charge >= 0.3 is 6.18 Å². The maximum absolute atomic E-state index is 12.0. The van der Waals surface area contributed by atoms with E-state index in [4.69, 9.17) is 11.6 Å². The monoisotopic (exact) mass is 301 g/mol. The Labute approximate surface area is 119 Å². The van der Waals surface area contributed by atoms with E-state index in [0.717, 1.165) is 11.1 Å². The molecule has 0 atom stereocenters. The van der Waals surface area contributed by atoms with Crippen LogP contribution in [0.4, 0.5) is 13.2 Å². The molecule has 0 aliphatic heterocycles. The highest BCUT2D eigenvalue weighted by atomic mass is 35.5. The normalized spacial score (nSPS) is 11.4. The molecule has 1 aromatic heterocycles. The van der Waals surface area contributed by atoms with Crippen LogP contribution in [0, 0.1) is 0 Å². The second-order valence-corrected chi connectivity index (χ2v) is 4.38. The van der Waals surface area contributed by atoms with Gasteiger partial charge < -0.3 is 4.74 Å². The first-order chi connectivity index (χ1) is 9.48. The average molecular weight is 302 g/mol. The minimum absolute atomic E-state index is 0.0865. The van der Waals surface area contributed by atoms with Gasteiger partial charge in [0.05, 0.1) is 11.9 Å². The first kappa shape index (κ1) is 14.7. The fourth-order valence-corrected chi connectivity index (χ4v) is 1.74. The van der Waals surface area contributed by atoms with Crippen molar-refractivity contribution >= 4 is 11.6 Å². The molecule has 0 radical (unpaired) electrons. The minimum atomic E-state index is -4.35. The lowest BCUT2D eigenvalue weighted by molar-refractivity contribution is -0.153. The molecule has 0 unspecified atom stereocenters. The molecule has 0 saturated carbocycles. The van der Waals surface area contributed by atoms with E-state index in [1.165, 1.54) is 12.3 Å². The lowest BCUT2D eigenvalue weighted by atomic mass is 10.1. The number of aromatic nitrogens is 1. The lowest BCUT2D eigenvalue weighted by Gasteiger charge is -2.09. The number of pyridine rings is 1. The zero-order valence-electron chi connectivity index (χ0n) is 10.3. The number of ether oxygens (including phenoxy) is 1. The Morgan fingerprint density at radius 1 is 1.05 bits per heavy atom. The molecular formula is C14H11ClF3NO. The van der Waals surface area contributed by atoms with Crippen molar-refractivity contribution in [1.29, 1.82) is 0 Å². The summed E-state index contributed by atoms with van der Waals surface area (Å²) in [6.07, 6.45) is -3.08. The van der Waals surface area contributed by atoms with Gasteiger partial charge in [0.2, 0.25) is 0 Å². The van der Waals surface area contributed by atoms with Crippen LogP contribution in [0.2, 0.25) is 0 Å². The number of alkyl halides is 4. The molecule has 2 aromatic rings. The summed E-state index contributed by atoms with van der Waals surface area (Å²) in [5.41, 5.74) is 2.51. The molecule has 0 fully saturated rings. The molecule has 2 nitrogen and oxygen atoms in total. The molecule has 0 N–H and O–H groups in total. The number of halogens is 4. The topological polar surface area (TPSA) is 22.1 Å². The number of benzene rings is 1. The Hall–Kier alpha value is -1.75. The molecule has 0 aliphatic rings. The van der Waals surface area contributed by atoms with Gasteiger partial charge in [-0.25, -0.2) is 0 Å². The summed E-state index contributed by atoms with van der Waals surface area (Å²) < 4.78 is 40.6. The Morgan fingerprint density at radius 3 is 2.25 bits per heavy atom. The highest BCUT2D eigenvalue weighted by molar-refractivity contribution is 6.17. The van der Waals surface area contributed by atoms with Gasteiger partial charge in [-0.05, 0) is 17.7 Å². The van der Waals surface area contributed by atoms with Crippen molar-refractivity contribution in [2.75, 3.05) is 6.61 Å². The van der Waals surface area contributed by atoms with Crippen LogP contribution in [0.3, 0.4) is 0 Å². The molecule has 0 aliphatic carbocycles. The number of rotatable bonds is 4. The molecule has 2 rings (SSSR count). The van der Waals surface area contributed by atoms with Crippen LogP contribution in [0.5, 0.6) is 5.75 Å². The van der Waals surface area contributed by atoms with Crippen LogP contribution >= 0.6 is 11.6 Å². The molecule has 0 amide bonds. The Balaban J connectivity index is 2.07. The van der Waals surface area contributed by atoms with E-state index in [1.807, 2.05) is 24.3 Å². The van der Waals surface area contributed by atoms with Gasteiger partial charge in [-0.15, -0.1) is 11.6 Å². The third-order valence-corrected chi connectivity index (χ3v) is 2.85. The van der Waals surface area contributed by atoms with E-state index in [2.05, 4.69) is 9.72 Å². The largest absolute Gasteiger partial charge is 0.483 e. The van der Waals surface area contributed by atoms with E-state index in [-0.39, 0.29) is 5.75 Å². The standard InChI is InChI=1S/C14H11ClF3NO/c15-7-10-1-3-11(4-2-10)13-6-5-12(8-19-13)20-9-14(16,17)18/h1-6,8H,7,9H2. The average Bonchev–Trinajstić information content (AvgIpc) is 2.45. The summed E-state index contributed by atoms with van der Waals surface area (Å²) in [6.45, 7) is -1.32. The van der Waals surface area contributed by atoms with Crippen LogP contribution in [0.25, 0.3) is 11.3 Å². The van der Waals surface area contributed by atoms with Gasteiger partial charge in [0.25, 0.3) is 0 Å². The number of nitrogens with zero attached hydrogens (tertiary/aromatic N) is 1. The smallest absolute Gasteiger partial charge is 0.422 e. The molecular weight excluding hydrogens is 291 g/mol. The van der Waals surface area contributed by atoms with Crippen molar-refractivity contribution < 1.29 is 17.9 Å². The van der Waals surface area contributed by atoms with Crippen molar-refractivity contribution in [3.8, 4) is 17.0 Å². The van der Waals surface area contributed by atoms with E-state index < -0.39 is 12.8 Å².